The van der Waals surface area contributed by atoms with Crippen molar-refractivity contribution in [1.82, 2.24) is 0 Å². The summed E-state index contributed by atoms with van der Waals surface area (Å²) in [5.41, 5.74) is 2.05. The van der Waals surface area contributed by atoms with Gasteiger partial charge in [0.2, 0.25) is 0 Å². The number of carbonyl (C=O) groups is 1. The number of aryl methyl sites for hydroxylation is 1. The van der Waals surface area contributed by atoms with E-state index in [1.165, 1.54) is 37.7 Å². The Balaban J connectivity index is 1.94. The van der Waals surface area contributed by atoms with Crippen molar-refractivity contribution < 1.29 is 15.0 Å². The molecule has 1 aliphatic rings. The van der Waals surface area contributed by atoms with Crippen LogP contribution in [0.15, 0.2) is 48.5 Å². The molecule has 1 atom stereocenters. The molecular formula is C22H26O3. The zero-order chi connectivity index (χ0) is 17.9. The van der Waals surface area contributed by atoms with E-state index in [9.17, 15) is 15.0 Å². The average molecular weight is 338 g/mol. The topological polar surface area (TPSA) is 57.5 Å². The van der Waals surface area contributed by atoms with Crippen LogP contribution < -0.4 is 0 Å². The molecule has 2 N–H and O–H groups in total. The minimum atomic E-state index is -1.51. The fourth-order valence-corrected chi connectivity index (χ4v) is 3.96. The van der Waals surface area contributed by atoms with Crippen LogP contribution in [0.1, 0.15) is 66.7 Å². The van der Waals surface area contributed by atoms with Gasteiger partial charge in [-0.1, -0.05) is 73.4 Å². The van der Waals surface area contributed by atoms with Crippen LogP contribution in [-0.4, -0.2) is 16.2 Å². The molecule has 25 heavy (non-hydrogen) atoms. The molecule has 132 valence electrons. The molecule has 0 saturated heterocycles. The summed E-state index contributed by atoms with van der Waals surface area (Å²) in [6, 6.07) is 15.4. The molecular weight excluding hydrogens is 312 g/mol. The molecule has 2 aromatic carbocycles. The summed E-state index contributed by atoms with van der Waals surface area (Å²) >= 11 is 0. The van der Waals surface area contributed by atoms with Crippen LogP contribution >= 0.6 is 0 Å². The van der Waals surface area contributed by atoms with Crippen molar-refractivity contribution in [3.05, 3.63) is 70.8 Å². The van der Waals surface area contributed by atoms with Gasteiger partial charge in [0.15, 0.2) is 0 Å². The standard InChI is InChI=1S/C22H26O3/c1-16-6-5-9-20(14-16)22(25,15-21(23)24)19-12-10-18(11-13-19)17-7-3-2-4-8-17/h5-6,9-14,17,25H,2-4,7-8,15H2,1H3,(H,23,24). The van der Waals surface area contributed by atoms with Crippen molar-refractivity contribution in [2.45, 2.75) is 57.0 Å². The molecule has 0 aliphatic heterocycles. The van der Waals surface area contributed by atoms with Gasteiger partial charge in [-0.15, -0.1) is 0 Å². The molecule has 0 amide bonds. The van der Waals surface area contributed by atoms with Gasteiger partial charge in [-0.2, -0.15) is 0 Å². The predicted octanol–water partition coefficient (Wildman–Crippen LogP) is 4.75. The number of rotatable bonds is 5. The number of hydrogen-bond acceptors (Lipinski definition) is 2. The number of aliphatic hydroxyl groups is 1. The second-order valence-corrected chi connectivity index (χ2v) is 7.26. The fraction of sp³-hybridized carbons (Fsp3) is 0.409. The molecule has 0 radical (unpaired) electrons. The number of aliphatic carboxylic acids is 1. The summed E-state index contributed by atoms with van der Waals surface area (Å²) in [6.45, 7) is 1.94. The van der Waals surface area contributed by atoms with Crippen LogP contribution in [0.3, 0.4) is 0 Å². The molecule has 3 heteroatoms. The first kappa shape index (κ1) is 17.7. The first-order chi connectivity index (χ1) is 12.0. The lowest BCUT2D eigenvalue weighted by Gasteiger charge is -2.29. The third-order valence-electron chi connectivity index (χ3n) is 5.37. The predicted molar refractivity (Wildman–Crippen MR) is 98.7 cm³/mol. The van der Waals surface area contributed by atoms with E-state index >= 15 is 0 Å². The summed E-state index contributed by atoms with van der Waals surface area (Å²) < 4.78 is 0. The molecule has 1 aliphatic carbocycles. The van der Waals surface area contributed by atoms with Crippen molar-refractivity contribution in [3.63, 3.8) is 0 Å². The van der Waals surface area contributed by atoms with E-state index < -0.39 is 11.6 Å². The fourth-order valence-electron chi connectivity index (χ4n) is 3.96. The van der Waals surface area contributed by atoms with Gasteiger partial charge in [0.1, 0.15) is 5.60 Å². The minimum Gasteiger partial charge on any atom is -0.481 e. The maximum atomic E-state index is 11.4. The van der Waals surface area contributed by atoms with E-state index in [0.717, 1.165) is 5.56 Å². The van der Waals surface area contributed by atoms with E-state index in [4.69, 9.17) is 0 Å². The highest BCUT2D eigenvalue weighted by Crippen LogP contribution is 2.36. The highest BCUT2D eigenvalue weighted by Gasteiger charge is 2.34. The van der Waals surface area contributed by atoms with Crippen molar-refractivity contribution >= 4 is 5.97 Å². The number of benzene rings is 2. The van der Waals surface area contributed by atoms with Crippen LogP contribution in [0.2, 0.25) is 0 Å². The number of carboxylic acid groups (broad SMARTS) is 1. The number of hydrogen-bond donors (Lipinski definition) is 2. The molecule has 0 bridgehead atoms. The van der Waals surface area contributed by atoms with Crippen molar-refractivity contribution in [3.8, 4) is 0 Å². The Morgan fingerprint density at radius 2 is 1.72 bits per heavy atom. The lowest BCUT2D eigenvalue weighted by Crippen LogP contribution is -2.30. The second kappa shape index (κ2) is 7.40. The summed E-state index contributed by atoms with van der Waals surface area (Å²) in [5.74, 6) is -0.422. The van der Waals surface area contributed by atoms with Crippen LogP contribution in [0.4, 0.5) is 0 Å². The maximum absolute atomic E-state index is 11.4. The Labute approximate surface area is 149 Å². The van der Waals surface area contributed by atoms with Crippen molar-refractivity contribution in [1.29, 1.82) is 0 Å². The van der Waals surface area contributed by atoms with E-state index in [1.54, 1.807) is 6.07 Å². The highest BCUT2D eigenvalue weighted by atomic mass is 16.4. The normalized spacial score (nSPS) is 17.8. The SMILES string of the molecule is Cc1cccc(C(O)(CC(=O)O)c2ccc(C3CCCCC3)cc2)c1. The van der Waals surface area contributed by atoms with Gasteiger partial charge < -0.3 is 10.2 Å². The van der Waals surface area contributed by atoms with Crippen molar-refractivity contribution in [2.75, 3.05) is 0 Å². The lowest BCUT2D eigenvalue weighted by atomic mass is 9.80. The molecule has 1 saturated carbocycles. The van der Waals surface area contributed by atoms with Crippen molar-refractivity contribution in [2.24, 2.45) is 0 Å². The Morgan fingerprint density at radius 3 is 2.32 bits per heavy atom. The van der Waals surface area contributed by atoms with Gasteiger partial charge in [0.05, 0.1) is 6.42 Å². The maximum Gasteiger partial charge on any atom is 0.306 e. The van der Waals surface area contributed by atoms with E-state index in [1.807, 2.05) is 37.3 Å². The zero-order valence-corrected chi connectivity index (χ0v) is 14.7. The van der Waals surface area contributed by atoms with Gasteiger partial charge in [-0.05, 0) is 42.4 Å². The van der Waals surface area contributed by atoms with Crippen LogP contribution in [0, 0.1) is 6.92 Å². The largest absolute Gasteiger partial charge is 0.481 e. The van der Waals surface area contributed by atoms with E-state index in [2.05, 4.69) is 12.1 Å². The van der Waals surface area contributed by atoms with Gasteiger partial charge >= 0.3 is 5.97 Å². The molecule has 3 rings (SSSR count). The van der Waals surface area contributed by atoms with Gasteiger partial charge in [0, 0.05) is 0 Å². The third-order valence-corrected chi connectivity index (χ3v) is 5.37. The highest BCUT2D eigenvalue weighted by molar-refractivity contribution is 5.70. The molecule has 3 nitrogen and oxygen atoms in total. The van der Waals surface area contributed by atoms with Crippen LogP contribution in [0.25, 0.3) is 0 Å². The molecule has 0 aromatic heterocycles. The molecule has 1 unspecified atom stereocenters. The Bertz CT molecular complexity index is 729. The average Bonchev–Trinajstić information content (AvgIpc) is 2.62. The van der Waals surface area contributed by atoms with Gasteiger partial charge in [-0.3, -0.25) is 4.79 Å². The first-order valence-corrected chi connectivity index (χ1v) is 9.11. The smallest absolute Gasteiger partial charge is 0.306 e. The van der Waals surface area contributed by atoms with Crippen LogP contribution in [-0.2, 0) is 10.4 Å². The van der Waals surface area contributed by atoms with Gasteiger partial charge in [0.25, 0.3) is 0 Å². The van der Waals surface area contributed by atoms with E-state index in [-0.39, 0.29) is 6.42 Å². The summed E-state index contributed by atoms with van der Waals surface area (Å²) in [6.07, 6.45) is 5.96. The Morgan fingerprint density at radius 1 is 1.04 bits per heavy atom. The first-order valence-electron chi connectivity index (χ1n) is 9.11. The van der Waals surface area contributed by atoms with E-state index in [0.29, 0.717) is 17.0 Å². The quantitative estimate of drug-likeness (QED) is 0.827. The number of carboxylic acids is 1. The second-order valence-electron chi connectivity index (χ2n) is 7.26. The molecule has 1 fully saturated rings. The monoisotopic (exact) mass is 338 g/mol. The lowest BCUT2D eigenvalue weighted by molar-refractivity contribution is -0.141. The zero-order valence-electron chi connectivity index (χ0n) is 14.7. The molecule has 2 aromatic rings. The Kier molecular flexibility index (Phi) is 5.24. The third kappa shape index (κ3) is 3.93. The molecule has 0 spiro atoms. The van der Waals surface area contributed by atoms with Crippen LogP contribution in [0.5, 0.6) is 0 Å². The summed E-state index contributed by atoms with van der Waals surface area (Å²) in [7, 11) is 0. The molecule has 0 heterocycles. The Hall–Kier alpha value is -2.13. The summed E-state index contributed by atoms with van der Waals surface area (Å²) in [5, 5.41) is 20.6. The van der Waals surface area contributed by atoms with Gasteiger partial charge in [-0.25, -0.2) is 0 Å². The summed E-state index contributed by atoms with van der Waals surface area (Å²) in [4.78, 5) is 11.4. The minimum absolute atomic E-state index is 0.348.